The first-order chi connectivity index (χ1) is 8.19. The van der Waals surface area contributed by atoms with Gasteiger partial charge in [0.2, 0.25) is 0 Å². The van der Waals surface area contributed by atoms with Gasteiger partial charge in [-0.15, -0.1) is 0 Å². The summed E-state index contributed by atoms with van der Waals surface area (Å²) in [4.78, 5) is 0. The molecule has 1 aromatic rings. The van der Waals surface area contributed by atoms with Crippen molar-refractivity contribution >= 4 is 28.3 Å². The number of halogens is 1. The third-order valence-electron chi connectivity index (χ3n) is 3.91. The highest BCUT2D eigenvalue weighted by Gasteiger charge is 2.20. The van der Waals surface area contributed by atoms with Crippen LogP contribution in [-0.4, -0.2) is 6.04 Å². The zero-order chi connectivity index (χ0) is 12.3. The molecule has 1 aliphatic carbocycles. The van der Waals surface area contributed by atoms with Crippen molar-refractivity contribution in [1.29, 1.82) is 0 Å². The van der Waals surface area contributed by atoms with Gasteiger partial charge in [0.25, 0.3) is 0 Å². The van der Waals surface area contributed by atoms with E-state index >= 15 is 0 Å². The monoisotopic (exact) mass is 343 g/mol. The third-order valence-corrected chi connectivity index (χ3v) is 4.58. The van der Waals surface area contributed by atoms with E-state index in [0.29, 0.717) is 6.04 Å². The molecule has 1 aliphatic rings. The first kappa shape index (κ1) is 13.2. The van der Waals surface area contributed by atoms with Crippen LogP contribution in [0.2, 0.25) is 0 Å². The number of benzene rings is 1. The molecule has 0 saturated heterocycles. The Kier molecular flexibility index (Phi) is 4.71. The van der Waals surface area contributed by atoms with Gasteiger partial charge in [-0.1, -0.05) is 26.2 Å². The van der Waals surface area contributed by atoms with Crippen molar-refractivity contribution in [1.82, 2.24) is 0 Å². The van der Waals surface area contributed by atoms with Gasteiger partial charge in [-0.25, -0.2) is 0 Å². The lowest BCUT2D eigenvalue weighted by atomic mass is 9.84. The maximum absolute atomic E-state index is 3.74. The van der Waals surface area contributed by atoms with Crippen molar-refractivity contribution in [2.75, 3.05) is 5.32 Å². The average molecular weight is 343 g/mol. The summed E-state index contributed by atoms with van der Waals surface area (Å²) in [5, 5.41) is 3.74. The summed E-state index contributed by atoms with van der Waals surface area (Å²) in [5.41, 5.74) is 2.70. The van der Waals surface area contributed by atoms with Crippen molar-refractivity contribution in [2.24, 2.45) is 5.92 Å². The molecule has 2 unspecified atom stereocenters. The van der Waals surface area contributed by atoms with Crippen LogP contribution in [0.15, 0.2) is 18.2 Å². The minimum atomic E-state index is 0.687. The fraction of sp³-hybridized carbons (Fsp3) is 0.600. The highest BCUT2D eigenvalue weighted by molar-refractivity contribution is 14.1. The summed E-state index contributed by atoms with van der Waals surface area (Å²) in [6.07, 6.45) is 6.84. The van der Waals surface area contributed by atoms with Crippen LogP contribution < -0.4 is 5.32 Å². The molecule has 0 spiro atoms. The van der Waals surface area contributed by atoms with E-state index < -0.39 is 0 Å². The predicted molar refractivity (Wildman–Crippen MR) is 83.6 cm³/mol. The van der Waals surface area contributed by atoms with Gasteiger partial charge in [-0.3, -0.25) is 0 Å². The van der Waals surface area contributed by atoms with Gasteiger partial charge in [-0.05, 0) is 72.0 Å². The van der Waals surface area contributed by atoms with Gasteiger partial charge in [0, 0.05) is 15.3 Å². The van der Waals surface area contributed by atoms with E-state index in [0.717, 1.165) is 5.92 Å². The molecule has 0 radical (unpaired) electrons. The summed E-state index contributed by atoms with van der Waals surface area (Å²) < 4.78 is 1.32. The van der Waals surface area contributed by atoms with Crippen molar-refractivity contribution < 1.29 is 0 Å². The van der Waals surface area contributed by atoms with Gasteiger partial charge in [0.05, 0.1) is 0 Å². The minimum Gasteiger partial charge on any atom is -0.382 e. The van der Waals surface area contributed by atoms with Crippen LogP contribution in [0.1, 0.15) is 44.6 Å². The zero-order valence-corrected chi connectivity index (χ0v) is 13.0. The largest absolute Gasteiger partial charge is 0.382 e. The Balaban J connectivity index is 2.00. The summed E-state index contributed by atoms with van der Waals surface area (Å²) in [5.74, 6) is 0.936. The molecule has 0 bridgehead atoms. The van der Waals surface area contributed by atoms with Crippen LogP contribution in [-0.2, 0) is 0 Å². The molecule has 17 heavy (non-hydrogen) atoms. The van der Waals surface area contributed by atoms with Crippen LogP contribution in [0.5, 0.6) is 0 Å². The first-order valence-electron chi connectivity index (χ1n) is 6.71. The Morgan fingerprint density at radius 3 is 2.88 bits per heavy atom. The molecule has 1 fully saturated rings. The zero-order valence-electron chi connectivity index (χ0n) is 10.8. The number of hydrogen-bond donors (Lipinski definition) is 1. The average Bonchev–Trinajstić information content (AvgIpc) is 2.33. The normalized spacial score (nSPS) is 24.6. The third kappa shape index (κ3) is 3.60. The number of aryl methyl sites for hydroxylation is 1. The number of anilines is 1. The number of nitrogens with one attached hydrogen (secondary N) is 1. The van der Waals surface area contributed by atoms with Crippen molar-refractivity contribution in [3.8, 4) is 0 Å². The molecular formula is C15H22IN. The molecule has 2 heteroatoms. The second kappa shape index (κ2) is 6.07. The molecule has 0 aliphatic heterocycles. The highest BCUT2D eigenvalue weighted by atomic mass is 127. The van der Waals surface area contributed by atoms with Crippen LogP contribution in [0, 0.1) is 16.4 Å². The summed E-state index contributed by atoms with van der Waals surface area (Å²) in [6.45, 7) is 4.52. The van der Waals surface area contributed by atoms with Crippen molar-refractivity contribution in [2.45, 2.75) is 52.0 Å². The van der Waals surface area contributed by atoms with E-state index in [4.69, 9.17) is 0 Å². The van der Waals surface area contributed by atoms with Gasteiger partial charge in [-0.2, -0.15) is 0 Å². The van der Waals surface area contributed by atoms with Gasteiger partial charge in [0.1, 0.15) is 0 Å². The number of hydrogen-bond acceptors (Lipinski definition) is 1. The molecule has 0 heterocycles. The molecule has 2 atom stereocenters. The molecular weight excluding hydrogens is 321 g/mol. The van der Waals surface area contributed by atoms with E-state index in [1.807, 2.05) is 0 Å². The Bertz CT molecular complexity index is 375. The van der Waals surface area contributed by atoms with E-state index in [9.17, 15) is 0 Å². The van der Waals surface area contributed by atoms with Crippen molar-refractivity contribution in [3.63, 3.8) is 0 Å². The molecule has 1 N–H and O–H groups in total. The topological polar surface area (TPSA) is 12.0 Å². The smallest absolute Gasteiger partial charge is 0.0372 e. The molecule has 1 saturated carbocycles. The summed E-state index contributed by atoms with van der Waals surface area (Å²) in [6, 6.07) is 7.36. The maximum Gasteiger partial charge on any atom is 0.0372 e. The molecule has 1 aromatic carbocycles. The van der Waals surface area contributed by atoms with Crippen LogP contribution in [0.4, 0.5) is 5.69 Å². The standard InChI is InChI=1S/C15H22IN/c1-3-12-5-4-6-14(10-12)17-15-8-7-13(16)9-11(15)2/h7-9,12,14,17H,3-6,10H2,1-2H3. The highest BCUT2D eigenvalue weighted by Crippen LogP contribution is 2.29. The van der Waals surface area contributed by atoms with Crippen molar-refractivity contribution in [3.05, 3.63) is 27.3 Å². The lowest BCUT2D eigenvalue weighted by molar-refractivity contribution is 0.327. The Labute approximate surface area is 119 Å². The van der Waals surface area contributed by atoms with Gasteiger partial charge >= 0.3 is 0 Å². The molecule has 2 rings (SSSR count). The molecule has 1 nitrogen and oxygen atoms in total. The minimum absolute atomic E-state index is 0.687. The van der Waals surface area contributed by atoms with Crippen LogP contribution in [0.25, 0.3) is 0 Å². The summed E-state index contributed by atoms with van der Waals surface area (Å²) >= 11 is 2.37. The second-order valence-electron chi connectivity index (χ2n) is 5.24. The van der Waals surface area contributed by atoms with E-state index in [-0.39, 0.29) is 0 Å². The Hall–Kier alpha value is -0.250. The van der Waals surface area contributed by atoms with Crippen LogP contribution >= 0.6 is 22.6 Å². The first-order valence-corrected chi connectivity index (χ1v) is 7.79. The summed E-state index contributed by atoms with van der Waals surface area (Å²) in [7, 11) is 0. The second-order valence-corrected chi connectivity index (χ2v) is 6.49. The molecule has 94 valence electrons. The predicted octanol–water partition coefficient (Wildman–Crippen LogP) is 4.98. The number of rotatable bonds is 3. The Morgan fingerprint density at radius 2 is 2.18 bits per heavy atom. The van der Waals surface area contributed by atoms with E-state index in [1.165, 1.54) is 46.9 Å². The van der Waals surface area contributed by atoms with Gasteiger partial charge in [0.15, 0.2) is 0 Å². The molecule has 0 amide bonds. The fourth-order valence-corrected chi connectivity index (χ4v) is 3.45. The molecule has 0 aromatic heterocycles. The lowest BCUT2D eigenvalue weighted by Gasteiger charge is -2.30. The quantitative estimate of drug-likeness (QED) is 0.763. The van der Waals surface area contributed by atoms with E-state index in [1.54, 1.807) is 0 Å². The SMILES string of the molecule is CCC1CCCC(Nc2ccc(I)cc2C)C1. The maximum atomic E-state index is 3.74. The van der Waals surface area contributed by atoms with E-state index in [2.05, 4.69) is 60.0 Å². The lowest BCUT2D eigenvalue weighted by Crippen LogP contribution is -2.27. The Morgan fingerprint density at radius 1 is 1.35 bits per heavy atom. The van der Waals surface area contributed by atoms with Gasteiger partial charge < -0.3 is 5.32 Å². The fourth-order valence-electron chi connectivity index (χ4n) is 2.80. The van der Waals surface area contributed by atoms with Crippen LogP contribution in [0.3, 0.4) is 0 Å².